The van der Waals surface area contributed by atoms with Crippen LogP contribution in [0.5, 0.6) is 0 Å². The Morgan fingerprint density at radius 1 is 1.50 bits per heavy atom. The van der Waals surface area contributed by atoms with Crippen molar-refractivity contribution in [2.24, 2.45) is 5.84 Å². The second kappa shape index (κ2) is 5.53. The number of ether oxygens (including phenoxy) is 1. The maximum atomic E-state index is 14.0. The number of nitrogens with one attached hydrogen (secondary N) is 1. The predicted molar refractivity (Wildman–Crippen MR) is 69.7 cm³/mol. The first-order valence-electron chi connectivity index (χ1n) is 6.12. The number of hydrazine groups is 1. The van der Waals surface area contributed by atoms with Gasteiger partial charge in [-0.25, -0.2) is 9.82 Å². The number of rotatable bonds is 3. The lowest BCUT2D eigenvalue weighted by molar-refractivity contribution is -0.0905. The van der Waals surface area contributed by atoms with Crippen molar-refractivity contribution in [2.45, 2.75) is 37.8 Å². The lowest BCUT2D eigenvalue weighted by Crippen LogP contribution is -2.48. The van der Waals surface area contributed by atoms with E-state index in [4.69, 9.17) is 22.2 Å². The van der Waals surface area contributed by atoms with Crippen LogP contribution in [-0.4, -0.2) is 12.2 Å². The molecule has 1 aromatic rings. The van der Waals surface area contributed by atoms with Gasteiger partial charge in [-0.3, -0.25) is 5.84 Å². The fourth-order valence-corrected chi connectivity index (χ4v) is 2.67. The van der Waals surface area contributed by atoms with E-state index in [1.165, 1.54) is 6.07 Å². The van der Waals surface area contributed by atoms with Crippen molar-refractivity contribution in [3.8, 4) is 0 Å². The molecule has 1 fully saturated rings. The molecule has 1 saturated heterocycles. The highest BCUT2D eigenvalue weighted by Gasteiger charge is 2.38. The molecule has 2 unspecified atom stereocenters. The van der Waals surface area contributed by atoms with E-state index in [9.17, 15) is 4.39 Å². The van der Waals surface area contributed by atoms with Gasteiger partial charge in [0.25, 0.3) is 0 Å². The van der Waals surface area contributed by atoms with Gasteiger partial charge in [-0.2, -0.15) is 0 Å². The van der Waals surface area contributed by atoms with E-state index in [-0.39, 0.29) is 11.9 Å². The summed E-state index contributed by atoms with van der Waals surface area (Å²) in [6.45, 7) is 2.65. The van der Waals surface area contributed by atoms with Gasteiger partial charge >= 0.3 is 0 Å². The van der Waals surface area contributed by atoms with Crippen LogP contribution >= 0.6 is 11.6 Å². The van der Waals surface area contributed by atoms with Crippen molar-refractivity contribution in [3.63, 3.8) is 0 Å². The highest BCUT2D eigenvalue weighted by atomic mass is 35.5. The smallest absolute Gasteiger partial charge is 0.129 e. The van der Waals surface area contributed by atoms with Crippen LogP contribution < -0.4 is 11.3 Å². The van der Waals surface area contributed by atoms with Crippen LogP contribution in [0.1, 0.15) is 37.8 Å². The molecule has 1 aromatic carbocycles. The van der Waals surface area contributed by atoms with E-state index < -0.39 is 5.60 Å². The molecule has 2 atom stereocenters. The highest BCUT2D eigenvalue weighted by Crippen LogP contribution is 2.37. The molecule has 1 aliphatic heterocycles. The molecule has 3 nitrogen and oxygen atoms in total. The Morgan fingerprint density at radius 2 is 2.28 bits per heavy atom. The van der Waals surface area contributed by atoms with Crippen molar-refractivity contribution >= 4 is 11.6 Å². The zero-order valence-corrected chi connectivity index (χ0v) is 11.1. The Balaban J connectivity index is 2.32. The SMILES string of the molecule is CC1(C(NN)c2ccc(Cl)cc2F)CCCCO1. The van der Waals surface area contributed by atoms with Crippen LogP contribution in [-0.2, 0) is 4.74 Å². The lowest BCUT2D eigenvalue weighted by atomic mass is 9.84. The fourth-order valence-electron chi connectivity index (χ4n) is 2.51. The van der Waals surface area contributed by atoms with Crippen molar-refractivity contribution in [1.29, 1.82) is 0 Å². The van der Waals surface area contributed by atoms with Crippen molar-refractivity contribution in [1.82, 2.24) is 5.43 Å². The molecule has 0 aliphatic carbocycles. The molecule has 0 bridgehead atoms. The molecule has 0 radical (unpaired) electrons. The summed E-state index contributed by atoms with van der Waals surface area (Å²) in [7, 11) is 0. The molecule has 100 valence electrons. The number of hydrogen-bond donors (Lipinski definition) is 2. The molecule has 18 heavy (non-hydrogen) atoms. The Hall–Kier alpha value is -0.680. The Labute approximate surface area is 111 Å². The molecule has 1 heterocycles. The minimum absolute atomic E-state index is 0.360. The van der Waals surface area contributed by atoms with Crippen molar-refractivity contribution in [2.75, 3.05) is 6.61 Å². The lowest BCUT2D eigenvalue weighted by Gasteiger charge is -2.40. The van der Waals surface area contributed by atoms with Gasteiger partial charge < -0.3 is 4.74 Å². The number of benzene rings is 1. The first kappa shape index (κ1) is 13.7. The molecule has 2 rings (SSSR count). The van der Waals surface area contributed by atoms with E-state index >= 15 is 0 Å². The summed E-state index contributed by atoms with van der Waals surface area (Å²) in [5.41, 5.74) is 2.69. The van der Waals surface area contributed by atoms with Gasteiger partial charge in [0.15, 0.2) is 0 Å². The van der Waals surface area contributed by atoms with Gasteiger partial charge in [0, 0.05) is 17.2 Å². The Morgan fingerprint density at radius 3 is 2.83 bits per heavy atom. The first-order valence-corrected chi connectivity index (χ1v) is 6.50. The first-order chi connectivity index (χ1) is 8.57. The molecular formula is C13H18ClFN2O. The molecule has 0 spiro atoms. The minimum atomic E-state index is -0.484. The molecule has 0 amide bonds. The average molecular weight is 273 g/mol. The summed E-state index contributed by atoms with van der Waals surface area (Å²) >= 11 is 5.76. The van der Waals surface area contributed by atoms with Gasteiger partial charge in [0.05, 0.1) is 11.6 Å². The third-order valence-electron chi connectivity index (χ3n) is 3.55. The molecule has 5 heteroatoms. The number of hydrogen-bond acceptors (Lipinski definition) is 3. The van der Waals surface area contributed by atoms with Gasteiger partial charge in [0.1, 0.15) is 5.82 Å². The van der Waals surface area contributed by atoms with Crippen LogP contribution in [0.3, 0.4) is 0 Å². The molecular weight excluding hydrogens is 255 g/mol. The second-order valence-electron chi connectivity index (χ2n) is 4.88. The summed E-state index contributed by atoms with van der Waals surface area (Å²) in [5.74, 6) is 5.24. The van der Waals surface area contributed by atoms with Crippen molar-refractivity contribution < 1.29 is 9.13 Å². The van der Waals surface area contributed by atoms with Crippen LogP contribution in [0.4, 0.5) is 4.39 Å². The standard InChI is InChI=1S/C13H18ClFN2O/c1-13(6-2-3-7-18-13)12(17-16)10-5-4-9(14)8-11(10)15/h4-5,8,12,17H,2-3,6-7,16H2,1H3. The van der Waals surface area contributed by atoms with Gasteiger partial charge in [0.2, 0.25) is 0 Å². The quantitative estimate of drug-likeness (QED) is 0.657. The summed E-state index contributed by atoms with van der Waals surface area (Å²) in [6.07, 6.45) is 2.95. The number of halogens is 2. The van der Waals surface area contributed by atoms with E-state index in [2.05, 4.69) is 5.43 Å². The van der Waals surface area contributed by atoms with Crippen molar-refractivity contribution in [3.05, 3.63) is 34.6 Å². The second-order valence-corrected chi connectivity index (χ2v) is 5.32. The Kier molecular flexibility index (Phi) is 4.22. The fraction of sp³-hybridized carbons (Fsp3) is 0.538. The summed E-state index contributed by atoms with van der Waals surface area (Å²) in [4.78, 5) is 0. The highest BCUT2D eigenvalue weighted by molar-refractivity contribution is 6.30. The normalized spacial score (nSPS) is 26.0. The van der Waals surface area contributed by atoms with Gasteiger partial charge in [-0.05, 0) is 38.3 Å². The topological polar surface area (TPSA) is 47.3 Å². The van der Waals surface area contributed by atoms with Crippen LogP contribution in [0, 0.1) is 5.82 Å². The third-order valence-corrected chi connectivity index (χ3v) is 3.79. The maximum Gasteiger partial charge on any atom is 0.129 e. The van der Waals surface area contributed by atoms with Crippen LogP contribution in [0.25, 0.3) is 0 Å². The maximum absolute atomic E-state index is 14.0. The molecule has 0 saturated carbocycles. The zero-order chi connectivity index (χ0) is 13.2. The summed E-state index contributed by atoms with van der Waals surface area (Å²) < 4.78 is 19.8. The largest absolute Gasteiger partial charge is 0.373 e. The predicted octanol–water partition coefficient (Wildman–Crippen LogP) is 2.94. The van der Waals surface area contributed by atoms with E-state index in [1.54, 1.807) is 12.1 Å². The average Bonchev–Trinajstić information content (AvgIpc) is 2.33. The Bertz CT molecular complexity index is 421. The molecule has 3 N–H and O–H groups in total. The minimum Gasteiger partial charge on any atom is -0.373 e. The molecule has 0 aromatic heterocycles. The molecule has 1 aliphatic rings. The monoisotopic (exact) mass is 272 g/mol. The summed E-state index contributed by atoms with van der Waals surface area (Å²) in [6, 6.07) is 4.24. The van der Waals surface area contributed by atoms with Gasteiger partial charge in [-0.1, -0.05) is 17.7 Å². The van der Waals surface area contributed by atoms with E-state index in [0.29, 0.717) is 17.2 Å². The zero-order valence-electron chi connectivity index (χ0n) is 10.4. The van der Waals surface area contributed by atoms with Gasteiger partial charge in [-0.15, -0.1) is 0 Å². The van der Waals surface area contributed by atoms with E-state index in [0.717, 1.165) is 19.3 Å². The summed E-state index contributed by atoms with van der Waals surface area (Å²) in [5, 5.41) is 0.377. The van der Waals surface area contributed by atoms with Crippen LogP contribution in [0.15, 0.2) is 18.2 Å². The van der Waals surface area contributed by atoms with Crippen LogP contribution in [0.2, 0.25) is 5.02 Å². The van der Waals surface area contributed by atoms with E-state index in [1.807, 2.05) is 6.92 Å². The third kappa shape index (κ3) is 2.67. The number of nitrogens with two attached hydrogens (primary N) is 1.